The molecule has 0 aliphatic carbocycles. The second kappa shape index (κ2) is 8.10. The highest BCUT2D eigenvalue weighted by Gasteiger charge is 2.29. The molecule has 0 radical (unpaired) electrons. The van der Waals surface area contributed by atoms with Crippen molar-refractivity contribution in [2.75, 3.05) is 25.0 Å². The molecule has 156 valence electrons. The minimum absolute atomic E-state index is 0.0939. The molecule has 1 aliphatic rings. The molecule has 7 nitrogen and oxygen atoms in total. The highest BCUT2D eigenvalue weighted by molar-refractivity contribution is 5.74. The van der Waals surface area contributed by atoms with Gasteiger partial charge in [-0.1, -0.05) is 0 Å². The number of nitrogens with zero attached hydrogens (tertiary/aromatic N) is 4. The lowest BCUT2D eigenvalue weighted by molar-refractivity contribution is -0.135. The fourth-order valence-electron chi connectivity index (χ4n) is 3.27. The van der Waals surface area contributed by atoms with Gasteiger partial charge in [0, 0.05) is 37.7 Å². The summed E-state index contributed by atoms with van der Waals surface area (Å²) in [4.78, 5) is 17.2. The van der Waals surface area contributed by atoms with E-state index in [1.54, 1.807) is 11.8 Å². The summed E-state index contributed by atoms with van der Waals surface area (Å²) in [5, 5.41) is 7.27. The van der Waals surface area contributed by atoms with Crippen molar-refractivity contribution < 1.29 is 18.3 Å². The summed E-state index contributed by atoms with van der Waals surface area (Å²) >= 11 is 0. The number of carbonyl (C=O) groups is 1. The summed E-state index contributed by atoms with van der Waals surface area (Å²) in [6.07, 6.45) is 1.38. The molecule has 2 aromatic carbocycles. The molecular formula is C21H21F2N5O2. The molecule has 2 heterocycles. The molecule has 9 heteroatoms. The molecule has 1 N–H and O–H groups in total. The van der Waals surface area contributed by atoms with Crippen molar-refractivity contribution in [3.05, 3.63) is 59.9 Å². The average Bonchev–Trinajstić information content (AvgIpc) is 3.09. The van der Waals surface area contributed by atoms with Gasteiger partial charge in [-0.25, -0.2) is 13.5 Å². The number of aromatic nitrogens is 3. The predicted octanol–water partition coefficient (Wildman–Crippen LogP) is 3.45. The number of anilines is 2. The molecule has 1 aromatic heterocycles. The van der Waals surface area contributed by atoms with Gasteiger partial charge in [0.15, 0.2) is 0 Å². The number of carbonyl (C=O) groups excluding carboxylic acids is 1. The molecular weight excluding hydrogens is 392 g/mol. The average molecular weight is 413 g/mol. The molecule has 30 heavy (non-hydrogen) atoms. The van der Waals surface area contributed by atoms with Crippen LogP contribution in [-0.4, -0.2) is 45.3 Å². The summed E-state index contributed by atoms with van der Waals surface area (Å²) in [5.74, 6) is 0.152. The van der Waals surface area contributed by atoms with Crippen molar-refractivity contribution in [3.8, 4) is 11.4 Å². The van der Waals surface area contributed by atoms with E-state index in [1.165, 1.54) is 23.1 Å². The van der Waals surface area contributed by atoms with E-state index in [0.717, 1.165) is 36.2 Å². The van der Waals surface area contributed by atoms with E-state index < -0.39 is 11.6 Å². The minimum Gasteiger partial charge on any atom is -0.493 e. The van der Waals surface area contributed by atoms with Gasteiger partial charge < -0.3 is 15.0 Å². The zero-order valence-corrected chi connectivity index (χ0v) is 16.6. The number of hydrogen-bond acceptors (Lipinski definition) is 5. The number of rotatable bonds is 6. The van der Waals surface area contributed by atoms with Crippen LogP contribution >= 0.6 is 0 Å². The fourth-order valence-corrected chi connectivity index (χ4v) is 3.27. The fraction of sp³-hybridized carbons (Fsp3) is 0.286. The Labute approximate surface area is 172 Å². The van der Waals surface area contributed by atoms with E-state index in [2.05, 4.69) is 15.4 Å². The van der Waals surface area contributed by atoms with Crippen LogP contribution in [0.3, 0.4) is 0 Å². The standard InChI is InChI=1S/C21H21F2N5O2/c1-13-5-18(3-4-20(13)30-11-15-9-27(10-15)14(2)29)25-21-24-12-28(26-21)19-7-16(22)6-17(23)8-19/h3-8,12,15H,9-11H2,1-2H3,(H,25,26). The molecule has 1 amide bonds. The van der Waals surface area contributed by atoms with Crippen molar-refractivity contribution in [2.24, 2.45) is 5.92 Å². The third-order valence-electron chi connectivity index (χ3n) is 4.91. The van der Waals surface area contributed by atoms with Crippen LogP contribution < -0.4 is 10.1 Å². The molecule has 1 saturated heterocycles. The van der Waals surface area contributed by atoms with Gasteiger partial charge in [0.25, 0.3) is 0 Å². The van der Waals surface area contributed by atoms with Crippen LogP contribution in [0.4, 0.5) is 20.4 Å². The Balaban J connectivity index is 1.37. The summed E-state index contributed by atoms with van der Waals surface area (Å²) in [5.41, 5.74) is 1.94. The van der Waals surface area contributed by atoms with Crippen LogP contribution in [0.15, 0.2) is 42.7 Å². The first-order valence-electron chi connectivity index (χ1n) is 9.51. The van der Waals surface area contributed by atoms with Crippen LogP contribution in [-0.2, 0) is 4.79 Å². The normalized spacial score (nSPS) is 13.8. The van der Waals surface area contributed by atoms with Crippen molar-refractivity contribution in [1.29, 1.82) is 0 Å². The number of benzene rings is 2. The Morgan fingerprint density at radius 3 is 2.60 bits per heavy atom. The summed E-state index contributed by atoms with van der Waals surface area (Å²) in [7, 11) is 0. The number of nitrogens with one attached hydrogen (secondary N) is 1. The molecule has 3 aromatic rings. The van der Waals surface area contributed by atoms with Gasteiger partial charge in [0.1, 0.15) is 23.7 Å². The lowest BCUT2D eigenvalue weighted by Gasteiger charge is -2.38. The Morgan fingerprint density at radius 2 is 1.93 bits per heavy atom. The Morgan fingerprint density at radius 1 is 1.20 bits per heavy atom. The molecule has 0 bridgehead atoms. The lowest BCUT2D eigenvalue weighted by atomic mass is 10.0. The van der Waals surface area contributed by atoms with Gasteiger partial charge in [-0.2, -0.15) is 4.98 Å². The smallest absolute Gasteiger partial charge is 0.246 e. The molecule has 4 rings (SSSR count). The molecule has 1 aliphatic heterocycles. The maximum atomic E-state index is 13.4. The highest BCUT2D eigenvalue weighted by atomic mass is 19.1. The monoisotopic (exact) mass is 413 g/mol. The number of ether oxygens (including phenoxy) is 1. The largest absolute Gasteiger partial charge is 0.493 e. The quantitative estimate of drug-likeness (QED) is 0.670. The molecule has 1 fully saturated rings. The van der Waals surface area contributed by atoms with Crippen LogP contribution in [0.1, 0.15) is 12.5 Å². The highest BCUT2D eigenvalue weighted by Crippen LogP contribution is 2.25. The number of amides is 1. The van der Waals surface area contributed by atoms with Crippen molar-refractivity contribution in [2.45, 2.75) is 13.8 Å². The summed E-state index contributed by atoms with van der Waals surface area (Å²) in [6, 6.07) is 8.76. The van der Waals surface area contributed by atoms with E-state index in [9.17, 15) is 13.6 Å². The summed E-state index contributed by atoms with van der Waals surface area (Å²) < 4.78 is 34.0. The SMILES string of the molecule is CC(=O)N1CC(COc2ccc(Nc3ncn(-c4cc(F)cc(F)c4)n3)cc2C)C1. The molecule has 0 saturated carbocycles. The van der Waals surface area contributed by atoms with Gasteiger partial charge in [-0.05, 0) is 42.8 Å². The maximum Gasteiger partial charge on any atom is 0.246 e. The maximum absolute atomic E-state index is 13.4. The van der Waals surface area contributed by atoms with Crippen LogP contribution in [0.25, 0.3) is 5.69 Å². The number of halogens is 2. The van der Waals surface area contributed by atoms with E-state index in [1.807, 2.05) is 25.1 Å². The van der Waals surface area contributed by atoms with Crippen molar-refractivity contribution >= 4 is 17.5 Å². The van der Waals surface area contributed by atoms with Crippen molar-refractivity contribution in [3.63, 3.8) is 0 Å². The zero-order chi connectivity index (χ0) is 21.3. The van der Waals surface area contributed by atoms with Crippen LogP contribution in [0.2, 0.25) is 0 Å². The van der Waals surface area contributed by atoms with Gasteiger partial charge in [-0.15, -0.1) is 5.10 Å². The van der Waals surface area contributed by atoms with E-state index in [4.69, 9.17) is 4.74 Å². The van der Waals surface area contributed by atoms with Crippen molar-refractivity contribution in [1.82, 2.24) is 19.7 Å². The minimum atomic E-state index is -0.683. The molecule has 0 unspecified atom stereocenters. The predicted molar refractivity (Wildman–Crippen MR) is 107 cm³/mol. The number of likely N-dealkylation sites (tertiary alicyclic amines) is 1. The molecule has 0 spiro atoms. The van der Waals surface area contributed by atoms with E-state index in [-0.39, 0.29) is 11.6 Å². The van der Waals surface area contributed by atoms with Gasteiger partial charge in [-0.3, -0.25) is 4.79 Å². The van der Waals surface area contributed by atoms with E-state index >= 15 is 0 Å². The van der Waals surface area contributed by atoms with Gasteiger partial charge >= 0.3 is 0 Å². The van der Waals surface area contributed by atoms with Gasteiger partial charge in [0.05, 0.1) is 12.3 Å². The Kier molecular flexibility index (Phi) is 5.35. The van der Waals surface area contributed by atoms with Crippen LogP contribution in [0, 0.1) is 24.5 Å². The first-order valence-corrected chi connectivity index (χ1v) is 9.51. The first kappa shape index (κ1) is 19.8. The topological polar surface area (TPSA) is 72.3 Å². The molecule has 0 atom stereocenters. The second-order valence-corrected chi connectivity index (χ2v) is 7.35. The lowest BCUT2D eigenvalue weighted by Crippen LogP contribution is -2.51. The number of hydrogen-bond donors (Lipinski definition) is 1. The third kappa shape index (κ3) is 4.40. The van der Waals surface area contributed by atoms with E-state index in [0.29, 0.717) is 18.5 Å². The van der Waals surface area contributed by atoms with Crippen LogP contribution in [0.5, 0.6) is 5.75 Å². The Bertz CT molecular complexity index is 1060. The van der Waals surface area contributed by atoms with Gasteiger partial charge in [0.2, 0.25) is 11.9 Å². The Hall–Kier alpha value is -3.49. The summed E-state index contributed by atoms with van der Waals surface area (Å²) in [6.45, 7) is 5.54. The zero-order valence-electron chi connectivity index (χ0n) is 16.6. The first-order chi connectivity index (χ1) is 14.4. The third-order valence-corrected chi connectivity index (χ3v) is 4.91. The number of aryl methyl sites for hydroxylation is 1. The second-order valence-electron chi connectivity index (χ2n) is 7.35.